The predicted molar refractivity (Wildman–Crippen MR) is 80.9 cm³/mol. The van der Waals surface area contributed by atoms with Crippen LogP contribution in [-0.4, -0.2) is 0 Å². The van der Waals surface area contributed by atoms with Crippen LogP contribution in [0.5, 0.6) is 0 Å². The molecule has 4 unspecified atom stereocenters. The Morgan fingerprint density at radius 2 is 1.84 bits per heavy atom. The maximum Gasteiger partial charge on any atom is 0.0326 e. The summed E-state index contributed by atoms with van der Waals surface area (Å²) in [6, 6.07) is 9.37. The van der Waals surface area contributed by atoms with Crippen LogP contribution in [0.2, 0.25) is 0 Å². The smallest absolute Gasteiger partial charge is 0.0326 e. The normalized spacial score (nSPS) is 31.1. The maximum atomic E-state index is 6.54. The number of fused-ring (bicyclic) bond motifs is 2. The van der Waals surface area contributed by atoms with Crippen molar-refractivity contribution in [2.75, 3.05) is 0 Å². The van der Waals surface area contributed by atoms with Gasteiger partial charge in [0.1, 0.15) is 0 Å². The quantitative estimate of drug-likeness (QED) is 0.854. The molecule has 1 aromatic carbocycles. The van der Waals surface area contributed by atoms with Gasteiger partial charge in [0.25, 0.3) is 0 Å². The zero-order chi connectivity index (χ0) is 13.4. The van der Waals surface area contributed by atoms with Crippen molar-refractivity contribution in [2.24, 2.45) is 29.4 Å². The molecule has 0 heterocycles. The van der Waals surface area contributed by atoms with Crippen molar-refractivity contribution < 1.29 is 0 Å². The molecule has 4 atom stereocenters. The van der Waals surface area contributed by atoms with Crippen LogP contribution in [0.1, 0.15) is 56.7 Å². The highest BCUT2D eigenvalue weighted by molar-refractivity contribution is 5.26. The summed E-state index contributed by atoms with van der Waals surface area (Å²) in [6.45, 7) is 4.55. The Morgan fingerprint density at radius 3 is 2.37 bits per heavy atom. The molecule has 2 aliphatic rings. The fourth-order valence-electron chi connectivity index (χ4n) is 4.33. The molecule has 1 nitrogen and oxygen atoms in total. The van der Waals surface area contributed by atoms with Crippen molar-refractivity contribution in [3.63, 3.8) is 0 Å². The summed E-state index contributed by atoms with van der Waals surface area (Å²) in [4.78, 5) is 0. The summed E-state index contributed by atoms with van der Waals surface area (Å²) in [6.07, 6.45) is 6.88. The lowest BCUT2D eigenvalue weighted by atomic mass is 9.81. The minimum atomic E-state index is 0.267. The van der Waals surface area contributed by atoms with E-state index in [9.17, 15) is 0 Å². The van der Waals surface area contributed by atoms with Gasteiger partial charge in [0, 0.05) is 6.04 Å². The van der Waals surface area contributed by atoms with Crippen molar-refractivity contribution in [1.82, 2.24) is 0 Å². The average Bonchev–Trinajstić information content (AvgIpc) is 3.00. The van der Waals surface area contributed by atoms with Gasteiger partial charge in [-0.25, -0.2) is 0 Å². The Bertz CT molecular complexity index is 420. The van der Waals surface area contributed by atoms with E-state index in [1.165, 1.54) is 43.2 Å². The zero-order valence-corrected chi connectivity index (χ0v) is 12.3. The number of benzene rings is 1. The zero-order valence-electron chi connectivity index (χ0n) is 12.3. The molecule has 0 aliphatic heterocycles. The van der Waals surface area contributed by atoms with E-state index in [-0.39, 0.29) is 6.04 Å². The summed E-state index contributed by atoms with van der Waals surface area (Å²) < 4.78 is 0. The van der Waals surface area contributed by atoms with Gasteiger partial charge in [-0.1, -0.05) is 44.5 Å². The first kappa shape index (κ1) is 13.2. The van der Waals surface area contributed by atoms with Crippen molar-refractivity contribution >= 4 is 0 Å². The fraction of sp³-hybridized carbons (Fsp3) is 0.667. The average molecular weight is 257 g/mol. The van der Waals surface area contributed by atoms with Crippen LogP contribution >= 0.6 is 0 Å². The van der Waals surface area contributed by atoms with Gasteiger partial charge >= 0.3 is 0 Å². The second-order valence-corrected chi connectivity index (χ2v) is 7.20. The van der Waals surface area contributed by atoms with Crippen LogP contribution in [0.3, 0.4) is 0 Å². The molecule has 2 bridgehead atoms. The minimum absolute atomic E-state index is 0.267. The van der Waals surface area contributed by atoms with E-state index in [0.717, 1.165) is 23.7 Å². The van der Waals surface area contributed by atoms with Crippen molar-refractivity contribution in [2.45, 2.75) is 52.0 Å². The highest BCUT2D eigenvalue weighted by atomic mass is 14.7. The second-order valence-electron chi connectivity index (χ2n) is 7.20. The summed E-state index contributed by atoms with van der Waals surface area (Å²) in [7, 11) is 0. The SMILES string of the molecule is CC(C)Cc1ccc(C(N)C2CC3CCC2C3)cc1. The topological polar surface area (TPSA) is 26.0 Å². The van der Waals surface area contributed by atoms with E-state index in [4.69, 9.17) is 5.73 Å². The third kappa shape index (κ3) is 2.72. The molecule has 0 aromatic heterocycles. The highest BCUT2D eigenvalue weighted by Crippen LogP contribution is 2.51. The largest absolute Gasteiger partial charge is 0.324 e. The van der Waals surface area contributed by atoms with E-state index < -0.39 is 0 Å². The summed E-state index contributed by atoms with van der Waals surface area (Å²) >= 11 is 0. The Morgan fingerprint density at radius 1 is 1.11 bits per heavy atom. The number of nitrogens with two attached hydrogens (primary N) is 1. The molecule has 1 heteroatoms. The molecular weight excluding hydrogens is 230 g/mol. The lowest BCUT2D eigenvalue weighted by molar-refractivity contribution is 0.284. The summed E-state index contributed by atoms with van der Waals surface area (Å²) in [5.41, 5.74) is 9.33. The van der Waals surface area contributed by atoms with E-state index >= 15 is 0 Å². The van der Waals surface area contributed by atoms with Crippen molar-refractivity contribution in [3.8, 4) is 0 Å². The van der Waals surface area contributed by atoms with Crippen LogP contribution < -0.4 is 5.73 Å². The number of rotatable bonds is 4. The van der Waals surface area contributed by atoms with Gasteiger partial charge in [0.05, 0.1) is 0 Å². The molecule has 2 saturated carbocycles. The van der Waals surface area contributed by atoms with E-state index in [1.54, 1.807) is 0 Å². The predicted octanol–water partition coefficient (Wildman–Crippen LogP) is 4.32. The summed E-state index contributed by atoms with van der Waals surface area (Å²) in [5.74, 6) is 3.37. The molecule has 2 N–H and O–H groups in total. The Kier molecular flexibility index (Phi) is 3.66. The molecule has 3 rings (SSSR count). The standard InChI is InChI=1S/C18H27N/c1-12(2)9-13-3-6-15(7-4-13)18(19)17-11-14-5-8-16(17)10-14/h3-4,6-7,12,14,16-18H,5,8-11,19H2,1-2H3. The number of hydrogen-bond acceptors (Lipinski definition) is 1. The van der Waals surface area contributed by atoms with E-state index in [1.807, 2.05) is 0 Å². The first-order chi connectivity index (χ1) is 9.13. The van der Waals surface area contributed by atoms with Gasteiger partial charge in [0.2, 0.25) is 0 Å². The third-order valence-electron chi connectivity index (χ3n) is 5.26. The molecule has 2 aliphatic carbocycles. The van der Waals surface area contributed by atoms with Gasteiger partial charge in [0.15, 0.2) is 0 Å². The van der Waals surface area contributed by atoms with E-state index in [0.29, 0.717) is 0 Å². The number of hydrogen-bond donors (Lipinski definition) is 1. The highest BCUT2D eigenvalue weighted by Gasteiger charge is 2.42. The maximum absolute atomic E-state index is 6.54. The Hall–Kier alpha value is -0.820. The lowest BCUT2D eigenvalue weighted by Gasteiger charge is -2.28. The van der Waals surface area contributed by atoms with Crippen LogP contribution in [0.25, 0.3) is 0 Å². The summed E-state index contributed by atoms with van der Waals surface area (Å²) in [5, 5.41) is 0. The molecule has 0 spiro atoms. The third-order valence-corrected chi connectivity index (χ3v) is 5.26. The first-order valence-corrected chi connectivity index (χ1v) is 7.98. The van der Waals surface area contributed by atoms with Gasteiger partial charge in [-0.15, -0.1) is 0 Å². The molecule has 2 fully saturated rings. The molecule has 1 aromatic rings. The molecule has 19 heavy (non-hydrogen) atoms. The van der Waals surface area contributed by atoms with Crippen molar-refractivity contribution in [1.29, 1.82) is 0 Å². The van der Waals surface area contributed by atoms with Crippen LogP contribution in [-0.2, 0) is 6.42 Å². The van der Waals surface area contributed by atoms with Crippen molar-refractivity contribution in [3.05, 3.63) is 35.4 Å². The van der Waals surface area contributed by atoms with Crippen LogP contribution in [0.4, 0.5) is 0 Å². The van der Waals surface area contributed by atoms with Gasteiger partial charge in [-0.2, -0.15) is 0 Å². The monoisotopic (exact) mass is 257 g/mol. The first-order valence-electron chi connectivity index (χ1n) is 7.98. The molecule has 104 valence electrons. The molecule has 0 radical (unpaired) electrons. The second kappa shape index (κ2) is 5.28. The Balaban J connectivity index is 1.68. The molecule has 0 amide bonds. The lowest BCUT2D eigenvalue weighted by Crippen LogP contribution is -2.25. The van der Waals surface area contributed by atoms with Gasteiger partial charge < -0.3 is 5.73 Å². The fourth-order valence-corrected chi connectivity index (χ4v) is 4.33. The van der Waals surface area contributed by atoms with Crippen LogP contribution in [0.15, 0.2) is 24.3 Å². The molecular formula is C18H27N. The molecule has 0 saturated heterocycles. The van der Waals surface area contributed by atoms with Gasteiger partial charge in [-0.3, -0.25) is 0 Å². The Labute approximate surface area is 117 Å². The van der Waals surface area contributed by atoms with Gasteiger partial charge in [-0.05, 0) is 60.5 Å². The minimum Gasteiger partial charge on any atom is -0.324 e. The van der Waals surface area contributed by atoms with E-state index in [2.05, 4.69) is 38.1 Å². The van der Waals surface area contributed by atoms with Crippen LogP contribution in [0, 0.1) is 23.7 Å².